The van der Waals surface area contributed by atoms with Crippen molar-refractivity contribution in [1.82, 2.24) is 4.72 Å². The average molecular weight is 339 g/mol. The lowest BCUT2D eigenvalue weighted by Crippen LogP contribution is -2.40. The van der Waals surface area contributed by atoms with Gasteiger partial charge in [-0.2, -0.15) is 17.9 Å². The van der Waals surface area contributed by atoms with Crippen molar-refractivity contribution in [2.75, 3.05) is 0 Å². The number of alkyl halides is 3. The number of aliphatic carboxylic acids is 1. The van der Waals surface area contributed by atoms with Crippen LogP contribution in [0.3, 0.4) is 0 Å². The van der Waals surface area contributed by atoms with E-state index in [0.29, 0.717) is 18.9 Å². The first-order chi connectivity index (χ1) is 10.1. The number of halogens is 3. The first-order valence-electron chi connectivity index (χ1n) is 6.50. The molecule has 0 radical (unpaired) electrons. The molecule has 1 aromatic rings. The maximum Gasteiger partial charge on any atom is 0.416 e. The standard InChI is InChI=1S/C13H16F3NO4S/c1-2-3-7-11(12(18)19)17-22(20,21)10-6-4-5-9(8-10)13(14,15)16/h4-6,8,11,17H,2-3,7H2,1H3,(H,18,19)/t11-/m1/s1. The van der Waals surface area contributed by atoms with Gasteiger partial charge in [0.1, 0.15) is 6.04 Å². The molecule has 5 nitrogen and oxygen atoms in total. The van der Waals surface area contributed by atoms with Crippen molar-refractivity contribution >= 4 is 16.0 Å². The zero-order valence-corrected chi connectivity index (χ0v) is 12.5. The van der Waals surface area contributed by atoms with Crippen molar-refractivity contribution in [2.24, 2.45) is 0 Å². The first kappa shape index (κ1) is 18.4. The van der Waals surface area contributed by atoms with Gasteiger partial charge in [0.25, 0.3) is 0 Å². The van der Waals surface area contributed by atoms with Crippen LogP contribution >= 0.6 is 0 Å². The van der Waals surface area contributed by atoms with Gasteiger partial charge in [0.15, 0.2) is 0 Å². The van der Waals surface area contributed by atoms with E-state index in [2.05, 4.69) is 0 Å². The van der Waals surface area contributed by atoms with Crippen LogP contribution in [-0.2, 0) is 21.0 Å². The van der Waals surface area contributed by atoms with Gasteiger partial charge >= 0.3 is 12.1 Å². The fourth-order valence-corrected chi connectivity index (χ4v) is 3.01. The Kier molecular flexibility index (Phi) is 5.95. The smallest absolute Gasteiger partial charge is 0.416 e. The zero-order valence-electron chi connectivity index (χ0n) is 11.7. The van der Waals surface area contributed by atoms with Gasteiger partial charge in [-0.1, -0.05) is 25.8 Å². The molecule has 124 valence electrons. The lowest BCUT2D eigenvalue weighted by Gasteiger charge is -2.15. The van der Waals surface area contributed by atoms with E-state index in [1.54, 1.807) is 6.92 Å². The van der Waals surface area contributed by atoms with E-state index in [1.165, 1.54) is 0 Å². The summed E-state index contributed by atoms with van der Waals surface area (Å²) in [5.74, 6) is -1.37. The van der Waals surface area contributed by atoms with E-state index in [0.717, 1.165) is 18.2 Å². The van der Waals surface area contributed by atoms with Gasteiger partial charge < -0.3 is 5.11 Å². The summed E-state index contributed by atoms with van der Waals surface area (Å²) in [5.41, 5.74) is -1.11. The molecule has 0 saturated carbocycles. The summed E-state index contributed by atoms with van der Waals surface area (Å²) >= 11 is 0. The van der Waals surface area contributed by atoms with E-state index in [4.69, 9.17) is 5.11 Å². The lowest BCUT2D eigenvalue weighted by molar-refractivity contribution is -0.139. The molecule has 0 heterocycles. The molecule has 9 heteroatoms. The highest BCUT2D eigenvalue weighted by molar-refractivity contribution is 7.89. The van der Waals surface area contributed by atoms with Gasteiger partial charge in [-0.15, -0.1) is 0 Å². The Balaban J connectivity index is 3.05. The quantitative estimate of drug-likeness (QED) is 0.800. The third-order valence-corrected chi connectivity index (χ3v) is 4.38. The van der Waals surface area contributed by atoms with Crippen LogP contribution < -0.4 is 4.72 Å². The third kappa shape index (κ3) is 4.99. The average Bonchev–Trinajstić information content (AvgIpc) is 2.42. The van der Waals surface area contributed by atoms with Gasteiger partial charge in [0, 0.05) is 0 Å². The van der Waals surface area contributed by atoms with Crippen LogP contribution in [-0.4, -0.2) is 25.5 Å². The van der Waals surface area contributed by atoms with Crippen molar-refractivity contribution in [1.29, 1.82) is 0 Å². The van der Waals surface area contributed by atoms with Crippen molar-refractivity contribution in [3.63, 3.8) is 0 Å². The summed E-state index contributed by atoms with van der Waals surface area (Å²) in [7, 11) is -4.35. The maximum atomic E-state index is 12.6. The highest BCUT2D eigenvalue weighted by Gasteiger charge is 2.32. The van der Waals surface area contributed by atoms with E-state index >= 15 is 0 Å². The van der Waals surface area contributed by atoms with Crippen LogP contribution in [0, 0.1) is 0 Å². The minimum absolute atomic E-state index is 0.0595. The number of unbranched alkanes of at least 4 members (excludes halogenated alkanes) is 1. The highest BCUT2D eigenvalue weighted by Crippen LogP contribution is 2.30. The monoisotopic (exact) mass is 339 g/mol. The Labute approximate surface area is 126 Å². The summed E-state index contributed by atoms with van der Waals surface area (Å²) in [4.78, 5) is 10.4. The minimum atomic E-state index is -4.68. The Morgan fingerprint density at radius 1 is 1.36 bits per heavy atom. The second-order valence-corrected chi connectivity index (χ2v) is 6.39. The number of carbonyl (C=O) groups is 1. The van der Waals surface area contributed by atoms with Crippen molar-refractivity contribution in [3.05, 3.63) is 29.8 Å². The Bertz CT molecular complexity index is 628. The van der Waals surface area contributed by atoms with Crippen molar-refractivity contribution in [2.45, 2.75) is 43.3 Å². The summed E-state index contributed by atoms with van der Waals surface area (Å²) in [5, 5.41) is 8.99. The number of hydrogen-bond acceptors (Lipinski definition) is 3. The van der Waals surface area contributed by atoms with Gasteiger partial charge in [0.05, 0.1) is 10.5 Å². The molecule has 0 unspecified atom stereocenters. The molecule has 0 amide bonds. The fourth-order valence-electron chi connectivity index (χ4n) is 1.74. The molecule has 1 rings (SSSR count). The van der Waals surface area contributed by atoms with E-state index in [1.807, 2.05) is 4.72 Å². The Hall–Kier alpha value is -1.61. The molecule has 0 aliphatic rings. The third-order valence-electron chi connectivity index (χ3n) is 2.91. The number of carboxylic acid groups (broad SMARTS) is 1. The molecule has 1 atom stereocenters. The molecule has 1 aromatic carbocycles. The largest absolute Gasteiger partial charge is 0.480 e. The number of rotatable bonds is 7. The van der Waals surface area contributed by atoms with Crippen LogP contribution in [0.5, 0.6) is 0 Å². The SMILES string of the molecule is CCCC[C@@H](NS(=O)(=O)c1cccc(C(F)(F)F)c1)C(=O)O. The maximum absolute atomic E-state index is 12.6. The van der Waals surface area contributed by atoms with E-state index in [-0.39, 0.29) is 6.42 Å². The normalized spacial score (nSPS) is 13.8. The van der Waals surface area contributed by atoms with Crippen LogP contribution in [0.2, 0.25) is 0 Å². The van der Waals surface area contributed by atoms with Crippen LogP contribution in [0.1, 0.15) is 31.7 Å². The van der Waals surface area contributed by atoms with Crippen LogP contribution in [0.25, 0.3) is 0 Å². The van der Waals surface area contributed by atoms with E-state index in [9.17, 15) is 26.4 Å². The molecule has 0 aromatic heterocycles. The molecule has 0 fully saturated rings. The number of carboxylic acids is 1. The van der Waals surface area contributed by atoms with Gasteiger partial charge in [-0.25, -0.2) is 8.42 Å². The number of benzene rings is 1. The molecule has 0 bridgehead atoms. The predicted molar refractivity (Wildman–Crippen MR) is 72.7 cm³/mol. The number of hydrogen-bond donors (Lipinski definition) is 2. The van der Waals surface area contributed by atoms with Gasteiger partial charge in [-0.05, 0) is 24.6 Å². The predicted octanol–water partition coefficient (Wildman–Crippen LogP) is 2.63. The first-order valence-corrected chi connectivity index (χ1v) is 7.98. The van der Waals surface area contributed by atoms with E-state index < -0.39 is 38.7 Å². The number of nitrogens with one attached hydrogen (secondary N) is 1. The molecule has 22 heavy (non-hydrogen) atoms. The number of sulfonamides is 1. The summed E-state index contributed by atoms with van der Waals surface area (Å²) in [6.07, 6.45) is -3.49. The topological polar surface area (TPSA) is 83.5 Å². The molecule has 0 aliphatic carbocycles. The van der Waals surface area contributed by atoms with Crippen LogP contribution in [0.15, 0.2) is 29.2 Å². The molecule has 0 saturated heterocycles. The highest BCUT2D eigenvalue weighted by atomic mass is 32.2. The molecule has 0 spiro atoms. The summed E-state index contributed by atoms with van der Waals surface area (Å²) in [6.45, 7) is 1.81. The molecule has 0 aliphatic heterocycles. The fraction of sp³-hybridized carbons (Fsp3) is 0.462. The second-order valence-electron chi connectivity index (χ2n) is 4.68. The minimum Gasteiger partial charge on any atom is -0.480 e. The Morgan fingerprint density at radius 3 is 2.50 bits per heavy atom. The molecular weight excluding hydrogens is 323 g/mol. The Morgan fingerprint density at radius 2 is 2.00 bits per heavy atom. The zero-order chi connectivity index (χ0) is 17.0. The molecular formula is C13H16F3NO4S. The summed E-state index contributed by atoms with van der Waals surface area (Å²) in [6, 6.07) is 1.78. The van der Waals surface area contributed by atoms with Crippen molar-refractivity contribution in [3.8, 4) is 0 Å². The molecule has 2 N–H and O–H groups in total. The van der Waals surface area contributed by atoms with Gasteiger partial charge in [0.2, 0.25) is 10.0 Å². The second kappa shape index (κ2) is 7.10. The lowest BCUT2D eigenvalue weighted by atomic mass is 10.1. The summed E-state index contributed by atoms with van der Waals surface area (Å²) < 4.78 is 63.8. The van der Waals surface area contributed by atoms with Gasteiger partial charge in [-0.3, -0.25) is 4.79 Å². The van der Waals surface area contributed by atoms with Crippen molar-refractivity contribution < 1.29 is 31.5 Å². The van der Waals surface area contributed by atoms with Crippen LogP contribution in [0.4, 0.5) is 13.2 Å².